The molecule has 5 heteroatoms. The SMILES string of the molecule is O=c1c2c3c(sc2ncn1Cc1cccc(Oc2ccccc2)c1)CCCC3. The van der Waals surface area contributed by atoms with E-state index in [0.717, 1.165) is 46.5 Å². The van der Waals surface area contributed by atoms with Crippen molar-refractivity contribution in [3.05, 3.63) is 87.3 Å². The Labute approximate surface area is 167 Å². The molecule has 0 aliphatic heterocycles. The van der Waals surface area contributed by atoms with Gasteiger partial charge in [-0.15, -0.1) is 11.3 Å². The van der Waals surface area contributed by atoms with Crippen LogP contribution in [0.15, 0.2) is 65.7 Å². The maximum Gasteiger partial charge on any atom is 0.262 e. The highest BCUT2D eigenvalue weighted by molar-refractivity contribution is 7.18. The van der Waals surface area contributed by atoms with Gasteiger partial charge in [0.2, 0.25) is 0 Å². The van der Waals surface area contributed by atoms with E-state index >= 15 is 0 Å². The maximum atomic E-state index is 13.1. The van der Waals surface area contributed by atoms with Crippen molar-refractivity contribution in [3.8, 4) is 11.5 Å². The number of benzene rings is 2. The molecule has 140 valence electrons. The standard InChI is InChI=1S/C23H20N2O2S/c26-23-21-19-11-4-5-12-20(19)28-22(21)24-15-25(23)14-16-7-6-10-18(13-16)27-17-8-2-1-3-9-17/h1-3,6-10,13,15H,4-5,11-12,14H2. The van der Waals surface area contributed by atoms with E-state index in [1.165, 1.54) is 16.9 Å². The van der Waals surface area contributed by atoms with E-state index in [1.54, 1.807) is 22.2 Å². The Bertz CT molecular complexity index is 1190. The highest BCUT2D eigenvalue weighted by atomic mass is 32.1. The molecule has 0 atom stereocenters. The third-order valence-electron chi connectivity index (χ3n) is 5.17. The molecule has 2 heterocycles. The van der Waals surface area contributed by atoms with E-state index in [0.29, 0.717) is 6.54 Å². The fourth-order valence-corrected chi connectivity index (χ4v) is 5.04. The molecule has 4 nitrogen and oxygen atoms in total. The van der Waals surface area contributed by atoms with Gasteiger partial charge in [-0.05, 0) is 61.1 Å². The number of rotatable bonds is 4. The average molecular weight is 388 g/mol. The molecule has 28 heavy (non-hydrogen) atoms. The lowest BCUT2D eigenvalue weighted by atomic mass is 9.97. The Morgan fingerprint density at radius 3 is 2.71 bits per heavy atom. The van der Waals surface area contributed by atoms with Crippen LogP contribution in [0.4, 0.5) is 0 Å². The van der Waals surface area contributed by atoms with Gasteiger partial charge in [0.05, 0.1) is 18.3 Å². The minimum absolute atomic E-state index is 0.0683. The summed E-state index contributed by atoms with van der Waals surface area (Å²) in [5, 5.41) is 0.832. The van der Waals surface area contributed by atoms with Gasteiger partial charge in [0.25, 0.3) is 5.56 Å². The molecule has 0 unspecified atom stereocenters. The number of aryl methyl sites for hydroxylation is 2. The Hall–Kier alpha value is -2.92. The summed E-state index contributed by atoms with van der Waals surface area (Å²) in [6, 6.07) is 17.6. The smallest absolute Gasteiger partial charge is 0.262 e. The number of para-hydroxylation sites is 1. The third kappa shape index (κ3) is 3.22. The zero-order valence-electron chi connectivity index (χ0n) is 15.4. The number of nitrogens with zero attached hydrogens (tertiary/aromatic N) is 2. The molecular formula is C23H20N2O2S. The van der Waals surface area contributed by atoms with Gasteiger partial charge < -0.3 is 4.74 Å². The minimum Gasteiger partial charge on any atom is -0.457 e. The predicted octanol–water partition coefficient (Wildman–Crippen LogP) is 5.18. The van der Waals surface area contributed by atoms with Crippen molar-refractivity contribution in [1.29, 1.82) is 0 Å². The first-order chi connectivity index (χ1) is 13.8. The highest BCUT2D eigenvalue weighted by Crippen LogP contribution is 2.33. The van der Waals surface area contributed by atoms with E-state index in [4.69, 9.17) is 4.74 Å². The van der Waals surface area contributed by atoms with Crippen molar-refractivity contribution in [2.24, 2.45) is 0 Å². The van der Waals surface area contributed by atoms with Gasteiger partial charge in [-0.2, -0.15) is 0 Å². The van der Waals surface area contributed by atoms with Gasteiger partial charge in [0, 0.05) is 4.88 Å². The molecule has 1 aliphatic carbocycles. The molecule has 0 bridgehead atoms. The fourth-order valence-electron chi connectivity index (χ4n) is 3.82. The van der Waals surface area contributed by atoms with Crippen LogP contribution in [-0.4, -0.2) is 9.55 Å². The number of ether oxygens (including phenoxy) is 1. The van der Waals surface area contributed by atoms with E-state index in [1.807, 2.05) is 54.6 Å². The van der Waals surface area contributed by atoms with Gasteiger partial charge in [-0.3, -0.25) is 9.36 Å². The molecular weight excluding hydrogens is 368 g/mol. The topological polar surface area (TPSA) is 44.1 Å². The van der Waals surface area contributed by atoms with Crippen LogP contribution in [0.5, 0.6) is 11.5 Å². The molecule has 0 fully saturated rings. The molecule has 0 N–H and O–H groups in total. The Kier molecular flexibility index (Phi) is 4.45. The number of fused-ring (bicyclic) bond motifs is 3. The Morgan fingerprint density at radius 1 is 1.00 bits per heavy atom. The molecule has 1 aliphatic rings. The predicted molar refractivity (Wildman–Crippen MR) is 113 cm³/mol. The first-order valence-electron chi connectivity index (χ1n) is 9.59. The van der Waals surface area contributed by atoms with E-state index in [-0.39, 0.29) is 5.56 Å². The average Bonchev–Trinajstić information content (AvgIpc) is 3.10. The van der Waals surface area contributed by atoms with Gasteiger partial charge in [-0.1, -0.05) is 30.3 Å². The van der Waals surface area contributed by atoms with Gasteiger partial charge in [0.1, 0.15) is 16.3 Å². The lowest BCUT2D eigenvalue weighted by molar-refractivity contribution is 0.481. The van der Waals surface area contributed by atoms with Gasteiger partial charge in [0.15, 0.2) is 0 Å². The first-order valence-corrected chi connectivity index (χ1v) is 10.4. The normalized spacial score (nSPS) is 13.4. The van der Waals surface area contributed by atoms with Crippen LogP contribution in [-0.2, 0) is 19.4 Å². The monoisotopic (exact) mass is 388 g/mol. The van der Waals surface area contributed by atoms with Crippen LogP contribution >= 0.6 is 11.3 Å². The largest absolute Gasteiger partial charge is 0.457 e. The van der Waals surface area contributed by atoms with Crippen LogP contribution in [0, 0.1) is 0 Å². The van der Waals surface area contributed by atoms with Crippen molar-refractivity contribution in [1.82, 2.24) is 9.55 Å². The van der Waals surface area contributed by atoms with Gasteiger partial charge in [-0.25, -0.2) is 4.98 Å². The van der Waals surface area contributed by atoms with Crippen LogP contribution in [0.1, 0.15) is 28.8 Å². The number of aromatic nitrogens is 2. The quantitative estimate of drug-likeness (QED) is 0.484. The van der Waals surface area contributed by atoms with Crippen LogP contribution < -0.4 is 10.3 Å². The van der Waals surface area contributed by atoms with Crippen molar-refractivity contribution in [2.45, 2.75) is 32.2 Å². The number of hydrogen-bond donors (Lipinski definition) is 0. The summed E-state index contributed by atoms with van der Waals surface area (Å²) in [4.78, 5) is 20.0. The zero-order valence-corrected chi connectivity index (χ0v) is 16.2. The summed E-state index contributed by atoms with van der Waals surface area (Å²) in [5.41, 5.74) is 2.32. The van der Waals surface area contributed by atoms with Crippen LogP contribution in [0.3, 0.4) is 0 Å². The molecule has 0 saturated carbocycles. The Morgan fingerprint density at radius 2 is 1.82 bits per heavy atom. The van der Waals surface area contributed by atoms with Crippen molar-refractivity contribution in [3.63, 3.8) is 0 Å². The minimum atomic E-state index is 0.0683. The second kappa shape index (κ2) is 7.24. The lowest BCUT2D eigenvalue weighted by Crippen LogP contribution is -2.21. The first kappa shape index (κ1) is 17.2. The second-order valence-corrected chi connectivity index (χ2v) is 8.21. The molecule has 2 aromatic carbocycles. The van der Waals surface area contributed by atoms with Crippen molar-refractivity contribution < 1.29 is 4.74 Å². The van der Waals surface area contributed by atoms with E-state index in [9.17, 15) is 4.79 Å². The maximum absolute atomic E-state index is 13.1. The van der Waals surface area contributed by atoms with E-state index in [2.05, 4.69) is 4.98 Å². The summed E-state index contributed by atoms with van der Waals surface area (Å²) < 4.78 is 7.63. The lowest BCUT2D eigenvalue weighted by Gasteiger charge is -2.11. The number of hydrogen-bond acceptors (Lipinski definition) is 4. The van der Waals surface area contributed by atoms with Crippen molar-refractivity contribution in [2.75, 3.05) is 0 Å². The Balaban J connectivity index is 1.46. The molecule has 0 spiro atoms. The fraction of sp³-hybridized carbons (Fsp3) is 0.217. The molecule has 5 rings (SSSR count). The van der Waals surface area contributed by atoms with Crippen LogP contribution in [0.25, 0.3) is 10.2 Å². The highest BCUT2D eigenvalue weighted by Gasteiger charge is 2.20. The summed E-state index contributed by atoms with van der Waals surface area (Å²) in [7, 11) is 0. The molecule has 2 aromatic heterocycles. The summed E-state index contributed by atoms with van der Waals surface area (Å²) in [6.45, 7) is 0.485. The molecule has 0 saturated heterocycles. The second-order valence-electron chi connectivity index (χ2n) is 7.13. The van der Waals surface area contributed by atoms with Gasteiger partial charge >= 0.3 is 0 Å². The molecule has 0 amide bonds. The van der Waals surface area contributed by atoms with E-state index < -0.39 is 0 Å². The summed E-state index contributed by atoms with van der Waals surface area (Å²) >= 11 is 1.69. The summed E-state index contributed by atoms with van der Waals surface area (Å²) in [6.07, 6.45) is 6.12. The van der Waals surface area contributed by atoms with Crippen molar-refractivity contribution >= 4 is 21.6 Å². The molecule has 0 radical (unpaired) electrons. The third-order valence-corrected chi connectivity index (χ3v) is 6.37. The summed E-state index contributed by atoms with van der Waals surface area (Å²) in [5.74, 6) is 1.56. The number of thiophene rings is 1. The van der Waals surface area contributed by atoms with Crippen LogP contribution in [0.2, 0.25) is 0 Å². The molecule has 4 aromatic rings. The zero-order chi connectivity index (χ0) is 18.9.